The van der Waals surface area contributed by atoms with E-state index in [0.717, 1.165) is 5.56 Å². The molecular weight excluding hydrogens is 482 g/mol. The Morgan fingerprint density at radius 3 is 2.19 bits per heavy atom. The summed E-state index contributed by atoms with van der Waals surface area (Å²) in [5, 5.41) is 23.1. The van der Waals surface area contributed by atoms with Crippen molar-refractivity contribution in [3.8, 4) is 11.5 Å². The number of ether oxygens (including phenoxy) is 2. The highest BCUT2D eigenvalue weighted by atomic mass is 16.7. The first-order valence-electron chi connectivity index (χ1n) is 11.2. The van der Waals surface area contributed by atoms with Gasteiger partial charge < -0.3 is 30.3 Å². The minimum Gasteiger partial charge on any atom is -0.481 e. The maximum atomic E-state index is 13.3. The fourth-order valence-corrected chi connectivity index (χ4v) is 3.55. The third-order valence-corrected chi connectivity index (χ3v) is 5.48. The average molecular weight is 505 g/mol. The van der Waals surface area contributed by atoms with E-state index in [2.05, 4.69) is 10.6 Å². The predicted octanol–water partition coefficient (Wildman–Crippen LogP) is 3.56. The van der Waals surface area contributed by atoms with Crippen molar-refractivity contribution in [1.29, 1.82) is 0 Å². The molecule has 4 rings (SSSR count). The molecule has 0 bridgehead atoms. The number of nitrogens with zero attached hydrogens (tertiary/aromatic N) is 1. The number of hydrogen-bond donors (Lipinski definition) is 4. The highest BCUT2D eigenvalue weighted by Crippen LogP contribution is 2.36. The Kier molecular flexibility index (Phi) is 7.53. The maximum Gasteiger partial charge on any atom is 0.335 e. The second kappa shape index (κ2) is 11.1. The first-order valence-corrected chi connectivity index (χ1v) is 11.2. The zero-order valence-electron chi connectivity index (χ0n) is 19.5. The van der Waals surface area contributed by atoms with Gasteiger partial charge in [-0.05, 0) is 54.1 Å². The molecule has 1 aliphatic rings. The lowest BCUT2D eigenvalue weighted by molar-refractivity contribution is -0.136. The van der Waals surface area contributed by atoms with Crippen LogP contribution in [0, 0.1) is 0 Å². The number of carbonyl (C=O) groups excluding carboxylic acids is 2. The molecule has 0 saturated carbocycles. The number of anilines is 2. The number of amides is 3. The van der Waals surface area contributed by atoms with Crippen molar-refractivity contribution in [2.75, 3.05) is 23.6 Å². The summed E-state index contributed by atoms with van der Waals surface area (Å²) in [6.45, 7) is 0.234. The number of aromatic carboxylic acids is 1. The SMILES string of the molecule is O=C(O)CCNC(=O)c1ccc(CN(C(=O)Nc2ccc(C(=O)O)cc2)c2ccc3c(c2)OCO3)cc1. The van der Waals surface area contributed by atoms with Crippen LogP contribution in [-0.2, 0) is 11.3 Å². The standard InChI is InChI=1S/C26H23N3O8/c30-23(31)11-12-27-24(32)17-3-1-16(2-4-17)14-29(20-9-10-21-22(13-20)37-15-36-21)26(35)28-19-7-5-18(6-8-19)25(33)34/h1-10,13H,11-12,14-15H2,(H,27,32)(H,28,35)(H,30,31)(H,33,34). The largest absolute Gasteiger partial charge is 0.481 e. The zero-order valence-corrected chi connectivity index (χ0v) is 19.5. The maximum absolute atomic E-state index is 13.3. The number of fused-ring (bicyclic) bond motifs is 1. The summed E-state index contributed by atoms with van der Waals surface area (Å²) < 4.78 is 10.8. The van der Waals surface area contributed by atoms with Crippen LogP contribution in [0.3, 0.4) is 0 Å². The normalized spacial score (nSPS) is 11.5. The second-order valence-corrected chi connectivity index (χ2v) is 8.03. The number of benzene rings is 3. The van der Waals surface area contributed by atoms with E-state index in [1.165, 1.54) is 29.2 Å². The first kappa shape index (κ1) is 25.0. The number of aliphatic carboxylic acids is 1. The summed E-state index contributed by atoms with van der Waals surface area (Å²) in [4.78, 5) is 48.7. The smallest absolute Gasteiger partial charge is 0.335 e. The number of hydrogen-bond acceptors (Lipinski definition) is 6. The number of urea groups is 1. The van der Waals surface area contributed by atoms with Gasteiger partial charge in [-0.3, -0.25) is 14.5 Å². The molecular formula is C26H23N3O8. The highest BCUT2D eigenvalue weighted by molar-refractivity contribution is 6.02. The molecule has 1 aliphatic heterocycles. The molecule has 11 nitrogen and oxygen atoms in total. The van der Waals surface area contributed by atoms with Gasteiger partial charge in [0.1, 0.15) is 0 Å². The monoisotopic (exact) mass is 505 g/mol. The van der Waals surface area contributed by atoms with E-state index in [-0.39, 0.29) is 31.9 Å². The Balaban J connectivity index is 1.52. The van der Waals surface area contributed by atoms with Gasteiger partial charge >= 0.3 is 18.0 Å². The molecule has 3 aromatic carbocycles. The Labute approximate surface area is 211 Å². The van der Waals surface area contributed by atoms with Crippen molar-refractivity contribution in [2.45, 2.75) is 13.0 Å². The van der Waals surface area contributed by atoms with E-state index in [1.54, 1.807) is 42.5 Å². The molecule has 0 saturated heterocycles. The van der Waals surface area contributed by atoms with Crippen LogP contribution in [0.2, 0.25) is 0 Å². The zero-order chi connectivity index (χ0) is 26.4. The molecule has 0 radical (unpaired) electrons. The van der Waals surface area contributed by atoms with Crippen molar-refractivity contribution in [1.82, 2.24) is 5.32 Å². The van der Waals surface area contributed by atoms with Gasteiger partial charge in [0.05, 0.1) is 18.5 Å². The molecule has 1 heterocycles. The lowest BCUT2D eigenvalue weighted by atomic mass is 10.1. The summed E-state index contributed by atoms with van der Waals surface area (Å²) >= 11 is 0. The molecule has 3 aromatic rings. The molecule has 0 atom stereocenters. The second-order valence-electron chi connectivity index (χ2n) is 8.03. The molecule has 0 fully saturated rings. The summed E-state index contributed by atoms with van der Waals surface area (Å²) in [5.74, 6) is -1.42. The number of carboxylic acids is 2. The quantitative estimate of drug-likeness (QED) is 0.344. The molecule has 0 spiro atoms. The average Bonchev–Trinajstić information content (AvgIpc) is 3.35. The molecule has 190 valence electrons. The lowest BCUT2D eigenvalue weighted by Gasteiger charge is -2.24. The number of carbonyl (C=O) groups is 4. The van der Waals surface area contributed by atoms with Gasteiger partial charge in [-0.25, -0.2) is 9.59 Å². The van der Waals surface area contributed by atoms with Gasteiger partial charge in [0, 0.05) is 29.5 Å². The van der Waals surface area contributed by atoms with Crippen LogP contribution in [0.1, 0.15) is 32.7 Å². The van der Waals surface area contributed by atoms with Gasteiger partial charge in [-0.15, -0.1) is 0 Å². The Morgan fingerprint density at radius 1 is 0.838 bits per heavy atom. The van der Waals surface area contributed by atoms with E-state index in [0.29, 0.717) is 28.4 Å². The van der Waals surface area contributed by atoms with E-state index in [9.17, 15) is 19.2 Å². The fourth-order valence-electron chi connectivity index (χ4n) is 3.55. The van der Waals surface area contributed by atoms with E-state index in [1.807, 2.05) is 0 Å². The van der Waals surface area contributed by atoms with Crippen LogP contribution >= 0.6 is 0 Å². The lowest BCUT2D eigenvalue weighted by Crippen LogP contribution is -2.34. The first-order chi connectivity index (χ1) is 17.8. The van der Waals surface area contributed by atoms with Crippen LogP contribution in [0.25, 0.3) is 0 Å². The Bertz CT molecular complexity index is 1320. The number of carboxylic acid groups (broad SMARTS) is 2. The number of rotatable bonds is 9. The van der Waals surface area contributed by atoms with Gasteiger partial charge in [0.15, 0.2) is 11.5 Å². The molecule has 37 heavy (non-hydrogen) atoms. The van der Waals surface area contributed by atoms with Crippen molar-refractivity contribution in [2.24, 2.45) is 0 Å². The van der Waals surface area contributed by atoms with E-state index >= 15 is 0 Å². The topological polar surface area (TPSA) is 154 Å². The number of nitrogens with one attached hydrogen (secondary N) is 2. The summed E-state index contributed by atoms with van der Waals surface area (Å²) in [6.07, 6.45) is -0.178. The molecule has 3 amide bonds. The van der Waals surface area contributed by atoms with Gasteiger partial charge in [0.25, 0.3) is 5.91 Å². The van der Waals surface area contributed by atoms with Crippen molar-refractivity contribution in [3.05, 3.63) is 83.4 Å². The summed E-state index contributed by atoms with van der Waals surface area (Å²) in [6, 6.07) is 17.0. The molecule has 4 N–H and O–H groups in total. The van der Waals surface area contributed by atoms with Crippen molar-refractivity contribution in [3.63, 3.8) is 0 Å². The summed E-state index contributed by atoms with van der Waals surface area (Å²) in [7, 11) is 0. The molecule has 0 unspecified atom stereocenters. The molecule has 11 heteroatoms. The summed E-state index contributed by atoms with van der Waals surface area (Å²) in [5.41, 5.74) is 2.11. The van der Waals surface area contributed by atoms with Crippen LogP contribution in [0.5, 0.6) is 11.5 Å². The van der Waals surface area contributed by atoms with Crippen LogP contribution in [0.4, 0.5) is 16.2 Å². The van der Waals surface area contributed by atoms with E-state index < -0.39 is 23.9 Å². The third kappa shape index (κ3) is 6.34. The van der Waals surface area contributed by atoms with Crippen LogP contribution in [0.15, 0.2) is 66.7 Å². The Hall–Kier alpha value is -5.06. The van der Waals surface area contributed by atoms with E-state index in [4.69, 9.17) is 19.7 Å². The van der Waals surface area contributed by atoms with Crippen molar-refractivity contribution < 1.29 is 38.9 Å². The molecule has 0 aliphatic carbocycles. The predicted molar refractivity (Wildman–Crippen MR) is 132 cm³/mol. The minimum absolute atomic E-state index is 0.0153. The van der Waals surface area contributed by atoms with Crippen LogP contribution < -0.4 is 25.0 Å². The highest BCUT2D eigenvalue weighted by Gasteiger charge is 2.21. The Morgan fingerprint density at radius 2 is 1.51 bits per heavy atom. The van der Waals surface area contributed by atoms with Gasteiger partial charge in [-0.2, -0.15) is 0 Å². The fraction of sp³-hybridized carbons (Fsp3) is 0.154. The van der Waals surface area contributed by atoms with Crippen molar-refractivity contribution >= 4 is 35.3 Å². The third-order valence-electron chi connectivity index (χ3n) is 5.48. The van der Waals surface area contributed by atoms with Gasteiger partial charge in [-0.1, -0.05) is 12.1 Å². The van der Waals surface area contributed by atoms with Gasteiger partial charge in [0.2, 0.25) is 6.79 Å². The minimum atomic E-state index is -1.07. The molecule has 0 aromatic heterocycles. The van der Waals surface area contributed by atoms with Crippen LogP contribution in [-0.4, -0.2) is 47.4 Å².